The molecule has 0 aromatic rings. The number of rotatable bonds is 4. The fourth-order valence-electron chi connectivity index (χ4n) is 0.435. The molecule has 0 spiro atoms. The van der Waals surface area contributed by atoms with Crippen molar-refractivity contribution in [1.82, 2.24) is 0 Å². The molecule has 0 amide bonds. The van der Waals surface area contributed by atoms with Crippen LogP contribution >= 0.6 is 0 Å². The molecule has 0 aliphatic carbocycles. The van der Waals surface area contributed by atoms with E-state index < -0.39 is 9.84 Å². The SMILES string of the molecule is CC(C)COCS(C)(=O)=O. The summed E-state index contributed by atoms with van der Waals surface area (Å²) in [5.41, 5.74) is 0. The second-order valence-electron chi connectivity index (χ2n) is 2.81. The Morgan fingerprint density at radius 3 is 2.20 bits per heavy atom. The minimum atomic E-state index is -2.94. The maximum atomic E-state index is 10.5. The number of hydrogen-bond acceptors (Lipinski definition) is 3. The predicted molar refractivity (Wildman–Crippen MR) is 40.5 cm³/mol. The Morgan fingerprint density at radius 1 is 1.40 bits per heavy atom. The van der Waals surface area contributed by atoms with Gasteiger partial charge in [-0.15, -0.1) is 0 Å². The van der Waals surface area contributed by atoms with Crippen molar-refractivity contribution in [1.29, 1.82) is 0 Å². The van der Waals surface area contributed by atoms with Gasteiger partial charge in [-0.1, -0.05) is 13.8 Å². The predicted octanol–water partition coefficient (Wildman–Crippen LogP) is 0.661. The van der Waals surface area contributed by atoms with E-state index >= 15 is 0 Å². The molecule has 0 unspecified atom stereocenters. The largest absolute Gasteiger partial charge is 0.365 e. The lowest BCUT2D eigenvalue weighted by Gasteiger charge is -2.04. The average molecular weight is 166 g/mol. The number of hydrogen-bond donors (Lipinski definition) is 0. The van der Waals surface area contributed by atoms with Gasteiger partial charge in [0.2, 0.25) is 0 Å². The molecule has 0 bridgehead atoms. The van der Waals surface area contributed by atoms with Crippen LogP contribution < -0.4 is 0 Å². The zero-order chi connectivity index (χ0) is 8.20. The lowest BCUT2D eigenvalue weighted by molar-refractivity contribution is 0.148. The Labute approximate surface area is 62.3 Å². The molecule has 0 fully saturated rings. The van der Waals surface area contributed by atoms with E-state index in [1.165, 1.54) is 0 Å². The van der Waals surface area contributed by atoms with Gasteiger partial charge in [-0.2, -0.15) is 0 Å². The Balaban J connectivity index is 3.39. The first-order valence-electron chi connectivity index (χ1n) is 3.17. The zero-order valence-corrected chi connectivity index (χ0v) is 7.44. The second kappa shape index (κ2) is 3.93. The summed E-state index contributed by atoms with van der Waals surface area (Å²) >= 11 is 0. The third-order valence-electron chi connectivity index (χ3n) is 0.749. The molecule has 0 N–H and O–H groups in total. The van der Waals surface area contributed by atoms with Gasteiger partial charge in [-0.05, 0) is 5.92 Å². The van der Waals surface area contributed by atoms with Crippen LogP contribution in [-0.2, 0) is 14.6 Å². The third-order valence-corrected chi connectivity index (χ3v) is 1.34. The minimum absolute atomic E-state index is 0.162. The van der Waals surface area contributed by atoms with E-state index in [1.54, 1.807) is 0 Å². The highest BCUT2D eigenvalue weighted by atomic mass is 32.2. The average Bonchev–Trinajstić information content (AvgIpc) is 1.59. The highest BCUT2D eigenvalue weighted by molar-refractivity contribution is 7.90. The van der Waals surface area contributed by atoms with Gasteiger partial charge in [0.05, 0.1) is 6.61 Å². The summed E-state index contributed by atoms with van der Waals surface area (Å²) in [7, 11) is -2.94. The summed E-state index contributed by atoms with van der Waals surface area (Å²) < 4.78 is 25.8. The Kier molecular flexibility index (Phi) is 3.89. The van der Waals surface area contributed by atoms with E-state index in [0.29, 0.717) is 12.5 Å². The van der Waals surface area contributed by atoms with Gasteiger partial charge in [-0.3, -0.25) is 0 Å². The van der Waals surface area contributed by atoms with Gasteiger partial charge >= 0.3 is 0 Å². The van der Waals surface area contributed by atoms with Crippen LogP contribution in [0.15, 0.2) is 0 Å². The summed E-state index contributed by atoms with van der Waals surface area (Å²) in [4.78, 5) is 0. The molecule has 0 aliphatic rings. The minimum Gasteiger partial charge on any atom is -0.365 e. The molecule has 0 aromatic heterocycles. The Hall–Kier alpha value is -0.0900. The first-order valence-corrected chi connectivity index (χ1v) is 5.23. The highest BCUT2D eigenvalue weighted by Crippen LogP contribution is 1.93. The van der Waals surface area contributed by atoms with Crippen LogP contribution in [0.4, 0.5) is 0 Å². The fourth-order valence-corrected chi connectivity index (χ4v) is 0.834. The van der Waals surface area contributed by atoms with Crippen molar-refractivity contribution in [2.45, 2.75) is 13.8 Å². The van der Waals surface area contributed by atoms with Crippen LogP contribution in [-0.4, -0.2) is 27.2 Å². The van der Waals surface area contributed by atoms with Crippen molar-refractivity contribution in [3.63, 3.8) is 0 Å². The van der Waals surface area contributed by atoms with Crippen molar-refractivity contribution in [2.75, 3.05) is 18.8 Å². The van der Waals surface area contributed by atoms with Crippen molar-refractivity contribution >= 4 is 9.84 Å². The van der Waals surface area contributed by atoms with Gasteiger partial charge in [0.25, 0.3) is 0 Å². The molecule has 62 valence electrons. The van der Waals surface area contributed by atoms with Gasteiger partial charge < -0.3 is 4.74 Å². The summed E-state index contributed by atoms with van der Waals surface area (Å²) in [6.45, 7) is 4.46. The van der Waals surface area contributed by atoms with Crippen molar-refractivity contribution < 1.29 is 13.2 Å². The van der Waals surface area contributed by atoms with E-state index in [9.17, 15) is 8.42 Å². The molecule has 0 saturated heterocycles. The lowest BCUT2D eigenvalue weighted by Crippen LogP contribution is -2.10. The van der Waals surface area contributed by atoms with Crippen LogP contribution in [0.2, 0.25) is 0 Å². The van der Waals surface area contributed by atoms with E-state index in [-0.39, 0.29) is 5.94 Å². The Bertz CT molecular complexity index is 169. The molecule has 0 aromatic carbocycles. The number of sulfone groups is 1. The zero-order valence-electron chi connectivity index (χ0n) is 6.62. The fraction of sp³-hybridized carbons (Fsp3) is 1.00. The molecule has 0 aliphatic heterocycles. The van der Waals surface area contributed by atoms with Crippen LogP contribution in [0.3, 0.4) is 0 Å². The van der Waals surface area contributed by atoms with E-state index in [4.69, 9.17) is 4.74 Å². The Morgan fingerprint density at radius 2 is 1.90 bits per heavy atom. The normalized spacial score (nSPS) is 12.4. The first kappa shape index (κ1) is 9.91. The molecule has 0 saturated carbocycles. The first-order chi connectivity index (χ1) is 4.42. The van der Waals surface area contributed by atoms with Crippen LogP contribution in [0, 0.1) is 5.92 Å². The molecule has 0 rings (SSSR count). The second-order valence-corrected chi connectivity index (χ2v) is 4.90. The van der Waals surface area contributed by atoms with Gasteiger partial charge in [0.15, 0.2) is 9.84 Å². The van der Waals surface area contributed by atoms with E-state index in [1.807, 2.05) is 13.8 Å². The van der Waals surface area contributed by atoms with Gasteiger partial charge in [0, 0.05) is 6.26 Å². The third kappa shape index (κ3) is 7.91. The molecular formula is C6H14O3S. The number of ether oxygens (including phenoxy) is 1. The van der Waals surface area contributed by atoms with Crippen LogP contribution in [0.1, 0.15) is 13.8 Å². The summed E-state index contributed by atoms with van der Waals surface area (Å²) in [5.74, 6) is 0.229. The monoisotopic (exact) mass is 166 g/mol. The molecule has 3 nitrogen and oxygen atoms in total. The molecule has 0 atom stereocenters. The van der Waals surface area contributed by atoms with Gasteiger partial charge in [0.1, 0.15) is 5.94 Å². The quantitative estimate of drug-likeness (QED) is 0.616. The molecule has 4 heteroatoms. The maximum absolute atomic E-state index is 10.5. The molecule has 0 heterocycles. The molecule has 0 radical (unpaired) electrons. The van der Waals surface area contributed by atoms with Crippen molar-refractivity contribution in [3.05, 3.63) is 0 Å². The maximum Gasteiger partial charge on any atom is 0.171 e. The summed E-state index contributed by atoms with van der Waals surface area (Å²) in [6, 6.07) is 0. The smallest absolute Gasteiger partial charge is 0.171 e. The van der Waals surface area contributed by atoms with Gasteiger partial charge in [-0.25, -0.2) is 8.42 Å². The van der Waals surface area contributed by atoms with E-state index in [2.05, 4.69) is 0 Å². The topological polar surface area (TPSA) is 43.4 Å². The van der Waals surface area contributed by atoms with Crippen LogP contribution in [0.25, 0.3) is 0 Å². The van der Waals surface area contributed by atoms with E-state index in [0.717, 1.165) is 6.26 Å². The molecule has 10 heavy (non-hydrogen) atoms. The highest BCUT2D eigenvalue weighted by Gasteiger charge is 2.01. The molecular weight excluding hydrogens is 152 g/mol. The van der Waals surface area contributed by atoms with Crippen molar-refractivity contribution in [2.24, 2.45) is 5.92 Å². The summed E-state index contributed by atoms with van der Waals surface area (Å²) in [6.07, 6.45) is 1.16. The lowest BCUT2D eigenvalue weighted by atomic mass is 10.2. The summed E-state index contributed by atoms with van der Waals surface area (Å²) in [5, 5.41) is 0. The van der Waals surface area contributed by atoms with Crippen LogP contribution in [0.5, 0.6) is 0 Å². The van der Waals surface area contributed by atoms with Crippen molar-refractivity contribution in [3.8, 4) is 0 Å². The standard InChI is InChI=1S/C6H14O3S/c1-6(2)4-9-5-10(3,7)8/h6H,4-5H2,1-3H3.